The van der Waals surface area contributed by atoms with Crippen LogP contribution in [0.15, 0.2) is 94.9 Å². The van der Waals surface area contributed by atoms with E-state index in [2.05, 4.69) is 18.8 Å². The second kappa shape index (κ2) is 8.63. The number of Topliss-reactive ketones (excluding diaryl/α,β-unsaturated/α-hetero) is 1. The predicted octanol–water partition coefficient (Wildman–Crippen LogP) is 5.73. The lowest BCUT2D eigenvalue weighted by Gasteiger charge is -2.27. The van der Waals surface area contributed by atoms with Crippen molar-refractivity contribution in [3.05, 3.63) is 113 Å². The van der Waals surface area contributed by atoms with Gasteiger partial charge in [-0.3, -0.25) is 14.6 Å². The van der Waals surface area contributed by atoms with Crippen molar-refractivity contribution < 1.29 is 19.1 Å². The van der Waals surface area contributed by atoms with E-state index in [1.54, 1.807) is 24.5 Å². The molecule has 1 aliphatic heterocycles. The van der Waals surface area contributed by atoms with E-state index in [0.717, 1.165) is 22.1 Å². The van der Waals surface area contributed by atoms with E-state index >= 15 is 0 Å². The number of benzene rings is 2. The molecule has 6 heteroatoms. The average Bonchev–Trinajstić information content (AvgIpc) is 3.39. The molecule has 170 valence electrons. The van der Waals surface area contributed by atoms with Crippen LogP contribution >= 0.6 is 0 Å². The normalized spacial score (nSPS) is 16.1. The summed E-state index contributed by atoms with van der Waals surface area (Å²) in [5.41, 5.74) is 3.33. The molecule has 0 radical (unpaired) electrons. The SMILES string of the molecule is CC(C)c1ccc(C2C(C(=O)c3cc4ccccc4o3)=C(O)C(=O)N2Cc2ccncc2)cc1. The molecule has 0 aliphatic carbocycles. The summed E-state index contributed by atoms with van der Waals surface area (Å²) in [6.07, 6.45) is 3.30. The topological polar surface area (TPSA) is 83.6 Å². The number of carbonyl (C=O) groups is 2. The van der Waals surface area contributed by atoms with Gasteiger partial charge < -0.3 is 14.4 Å². The number of aliphatic hydroxyl groups excluding tert-OH is 1. The number of carbonyl (C=O) groups excluding carboxylic acids is 2. The van der Waals surface area contributed by atoms with Gasteiger partial charge in [-0.1, -0.05) is 56.3 Å². The lowest BCUT2D eigenvalue weighted by Crippen LogP contribution is -2.30. The van der Waals surface area contributed by atoms with Gasteiger partial charge in [0.2, 0.25) is 5.78 Å². The molecule has 0 fully saturated rings. The molecule has 34 heavy (non-hydrogen) atoms. The van der Waals surface area contributed by atoms with Gasteiger partial charge in [0, 0.05) is 24.3 Å². The molecule has 1 atom stereocenters. The van der Waals surface area contributed by atoms with E-state index in [4.69, 9.17) is 4.42 Å². The van der Waals surface area contributed by atoms with Crippen LogP contribution in [0.25, 0.3) is 11.0 Å². The van der Waals surface area contributed by atoms with Crippen molar-refractivity contribution >= 4 is 22.7 Å². The maximum atomic E-state index is 13.6. The highest BCUT2D eigenvalue weighted by molar-refractivity contribution is 6.16. The molecule has 0 bridgehead atoms. The first-order valence-electron chi connectivity index (χ1n) is 11.2. The number of fused-ring (bicyclic) bond motifs is 1. The van der Waals surface area contributed by atoms with Gasteiger partial charge in [-0.15, -0.1) is 0 Å². The quantitative estimate of drug-likeness (QED) is 0.378. The van der Waals surface area contributed by atoms with Gasteiger partial charge in [-0.25, -0.2) is 0 Å². The first kappa shape index (κ1) is 21.6. The Hall–Kier alpha value is -4.19. The first-order chi connectivity index (χ1) is 16.4. The summed E-state index contributed by atoms with van der Waals surface area (Å²) in [5, 5.41) is 11.7. The third kappa shape index (κ3) is 3.77. The van der Waals surface area contributed by atoms with Crippen LogP contribution in [0.4, 0.5) is 0 Å². The Morgan fingerprint density at radius 1 is 1.06 bits per heavy atom. The lowest BCUT2D eigenvalue weighted by molar-refractivity contribution is -0.130. The molecular weight excluding hydrogens is 428 g/mol. The molecule has 5 rings (SSSR count). The maximum Gasteiger partial charge on any atom is 0.290 e. The Morgan fingerprint density at radius 2 is 1.76 bits per heavy atom. The van der Waals surface area contributed by atoms with Crippen molar-refractivity contribution in [3.63, 3.8) is 0 Å². The number of amides is 1. The van der Waals surface area contributed by atoms with Gasteiger partial charge in [-0.05, 0) is 46.9 Å². The molecule has 0 saturated carbocycles. The number of aromatic nitrogens is 1. The van der Waals surface area contributed by atoms with Crippen LogP contribution in [-0.2, 0) is 11.3 Å². The van der Waals surface area contributed by atoms with Gasteiger partial charge in [0.05, 0.1) is 11.6 Å². The minimum atomic E-state index is -0.748. The predicted molar refractivity (Wildman–Crippen MR) is 128 cm³/mol. The van der Waals surface area contributed by atoms with Crippen molar-refractivity contribution in [1.29, 1.82) is 0 Å². The Labute approximate surface area is 197 Å². The smallest absolute Gasteiger partial charge is 0.290 e. The van der Waals surface area contributed by atoms with Crippen molar-refractivity contribution in [1.82, 2.24) is 9.88 Å². The van der Waals surface area contributed by atoms with E-state index in [-0.39, 0.29) is 17.9 Å². The molecule has 2 aromatic carbocycles. The largest absolute Gasteiger partial charge is 0.503 e. The minimum Gasteiger partial charge on any atom is -0.503 e. The average molecular weight is 453 g/mol. The molecule has 1 N–H and O–H groups in total. The third-order valence-corrected chi connectivity index (χ3v) is 6.22. The molecule has 3 heterocycles. The Balaban J connectivity index is 1.59. The molecule has 2 aromatic heterocycles. The van der Waals surface area contributed by atoms with Crippen molar-refractivity contribution in [2.24, 2.45) is 0 Å². The fourth-order valence-corrected chi connectivity index (χ4v) is 4.37. The number of furan rings is 1. The summed E-state index contributed by atoms with van der Waals surface area (Å²) >= 11 is 0. The molecule has 0 saturated heterocycles. The highest BCUT2D eigenvalue weighted by atomic mass is 16.3. The van der Waals surface area contributed by atoms with Crippen LogP contribution in [-0.4, -0.2) is 26.7 Å². The molecule has 1 amide bonds. The van der Waals surface area contributed by atoms with E-state index < -0.39 is 23.5 Å². The number of pyridine rings is 1. The second-order valence-electron chi connectivity index (χ2n) is 8.75. The van der Waals surface area contributed by atoms with Gasteiger partial charge in [0.1, 0.15) is 5.58 Å². The van der Waals surface area contributed by atoms with Gasteiger partial charge in [0.25, 0.3) is 5.91 Å². The van der Waals surface area contributed by atoms with Crippen LogP contribution in [0.2, 0.25) is 0 Å². The molecule has 4 aromatic rings. The molecule has 1 aliphatic rings. The maximum absolute atomic E-state index is 13.6. The third-order valence-electron chi connectivity index (χ3n) is 6.22. The highest BCUT2D eigenvalue weighted by Crippen LogP contribution is 2.40. The summed E-state index contributed by atoms with van der Waals surface area (Å²) in [7, 11) is 0. The summed E-state index contributed by atoms with van der Waals surface area (Å²) in [4.78, 5) is 32.4. The van der Waals surface area contributed by atoms with Gasteiger partial charge in [-0.2, -0.15) is 0 Å². The highest BCUT2D eigenvalue weighted by Gasteiger charge is 2.44. The van der Waals surface area contributed by atoms with Crippen LogP contribution in [0.3, 0.4) is 0 Å². The standard InChI is InChI=1S/C28H24N2O4/c1-17(2)19-7-9-20(10-8-19)25-24(26(31)23-15-21-5-3-4-6-22(21)34-23)27(32)28(33)30(25)16-18-11-13-29-14-12-18/h3-15,17,25,32H,16H2,1-2H3. The number of hydrogen-bond acceptors (Lipinski definition) is 5. The van der Waals surface area contributed by atoms with Gasteiger partial charge in [0.15, 0.2) is 11.5 Å². The van der Waals surface area contributed by atoms with Crippen molar-refractivity contribution in [2.75, 3.05) is 0 Å². The summed E-state index contributed by atoms with van der Waals surface area (Å²) < 4.78 is 5.78. The molecule has 1 unspecified atom stereocenters. The zero-order valence-electron chi connectivity index (χ0n) is 18.9. The zero-order valence-corrected chi connectivity index (χ0v) is 18.9. The van der Waals surface area contributed by atoms with Gasteiger partial charge >= 0.3 is 0 Å². The van der Waals surface area contributed by atoms with Crippen molar-refractivity contribution in [3.8, 4) is 0 Å². The molecule has 0 spiro atoms. The van der Waals surface area contributed by atoms with E-state index in [1.807, 2.05) is 54.6 Å². The lowest BCUT2D eigenvalue weighted by atomic mass is 9.92. The van der Waals surface area contributed by atoms with E-state index in [0.29, 0.717) is 11.5 Å². The number of para-hydroxylation sites is 1. The monoisotopic (exact) mass is 452 g/mol. The summed E-state index contributed by atoms with van der Waals surface area (Å²) in [5.74, 6) is -1.21. The summed E-state index contributed by atoms with van der Waals surface area (Å²) in [6.45, 7) is 4.43. The number of rotatable bonds is 6. The van der Waals surface area contributed by atoms with Crippen LogP contribution in [0.1, 0.15) is 53.1 Å². The fraction of sp³-hybridized carbons (Fsp3) is 0.179. The zero-order chi connectivity index (χ0) is 23.8. The van der Waals surface area contributed by atoms with E-state index in [1.165, 1.54) is 4.90 Å². The van der Waals surface area contributed by atoms with E-state index in [9.17, 15) is 14.7 Å². The minimum absolute atomic E-state index is 0.0235. The number of hydrogen-bond donors (Lipinski definition) is 1. The Bertz CT molecular complexity index is 1370. The van der Waals surface area contributed by atoms with Crippen molar-refractivity contribution in [2.45, 2.75) is 32.4 Å². The Kier molecular flexibility index (Phi) is 5.49. The van der Waals surface area contributed by atoms with Crippen LogP contribution in [0, 0.1) is 0 Å². The number of nitrogens with zero attached hydrogens (tertiary/aromatic N) is 2. The fourth-order valence-electron chi connectivity index (χ4n) is 4.37. The number of aliphatic hydroxyl groups is 1. The number of ketones is 1. The molecular formula is C28H24N2O4. The van der Waals surface area contributed by atoms with Crippen LogP contribution in [0.5, 0.6) is 0 Å². The Morgan fingerprint density at radius 3 is 2.44 bits per heavy atom. The van der Waals surface area contributed by atoms with Crippen LogP contribution < -0.4 is 0 Å². The second-order valence-corrected chi connectivity index (χ2v) is 8.75. The first-order valence-corrected chi connectivity index (χ1v) is 11.2. The molecule has 6 nitrogen and oxygen atoms in total. The summed E-state index contributed by atoms with van der Waals surface area (Å²) in [6, 6.07) is 19.6.